The molecule has 0 atom stereocenters. The first-order valence-corrected chi connectivity index (χ1v) is 22.8. The number of rotatable bonds is 3. The molecule has 0 spiro atoms. The molecule has 15 rings (SSSR count). The average molecular weight is 868 g/mol. The van der Waals surface area contributed by atoms with Crippen LogP contribution in [0, 0.1) is 0 Å². The van der Waals surface area contributed by atoms with E-state index in [0.29, 0.717) is 16.9 Å². The molecule has 8 heteroatoms. The lowest BCUT2D eigenvalue weighted by Gasteiger charge is -2.11. The third kappa shape index (κ3) is 4.85. The van der Waals surface area contributed by atoms with Crippen LogP contribution < -0.4 is 0 Å². The van der Waals surface area contributed by atoms with Crippen molar-refractivity contribution in [1.29, 1.82) is 0 Å². The molecule has 0 aliphatic heterocycles. The van der Waals surface area contributed by atoms with E-state index in [4.69, 9.17) is 26.0 Å². The van der Waals surface area contributed by atoms with Crippen molar-refractivity contribution >= 4 is 141 Å². The largest absolute Gasteiger partial charge is 0.450 e. The Balaban J connectivity index is 1.06. The predicted octanol–water partition coefficient (Wildman–Crippen LogP) is 16.1. The van der Waals surface area contributed by atoms with Crippen LogP contribution in [-0.4, -0.2) is 24.1 Å². The van der Waals surface area contributed by atoms with Gasteiger partial charge in [0.15, 0.2) is 11.4 Å². The lowest BCUT2D eigenvalue weighted by Crippen LogP contribution is -2.00. The van der Waals surface area contributed by atoms with Crippen LogP contribution in [-0.2, 0) is 0 Å². The molecule has 0 saturated heterocycles. The van der Waals surface area contributed by atoms with Gasteiger partial charge >= 0.3 is 0 Å². The summed E-state index contributed by atoms with van der Waals surface area (Å²) >= 11 is 8.82. The molecule has 6 aromatic heterocycles. The van der Waals surface area contributed by atoms with Crippen molar-refractivity contribution in [3.8, 4) is 22.6 Å². The SMILES string of the molecule is Clc1nc(-n2c3ccc(-c4ccc5c6cnccc6n(-c6ccc7ccccc7c6)c5c4)cc3c3c4ccccc4c4sc5ccccc5c4c32)c2oc3c4ccccc4ccc3c2n1. The summed E-state index contributed by atoms with van der Waals surface area (Å²) in [5.41, 5.74) is 9.66. The highest BCUT2D eigenvalue weighted by molar-refractivity contribution is 7.27. The molecule has 0 bridgehead atoms. The van der Waals surface area contributed by atoms with E-state index in [9.17, 15) is 0 Å². The molecule has 0 radical (unpaired) electrons. The minimum absolute atomic E-state index is 0.160. The Kier molecular flexibility index (Phi) is 7.07. The molecule has 65 heavy (non-hydrogen) atoms. The van der Waals surface area contributed by atoms with E-state index in [2.05, 4.69) is 172 Å². The second-order valence-electron chi connectivity index (χ2n) is 16.9. The van der Waals surface area contributed by atoms with Gasteiger partial charge in [0.1, 0.15) is 11.1 Å². The van der Waals surface area contributed by atoms with Gasteiger partial charge in [-0.25, -0.2) is 4.98 Å². The van der Waals surface area contributed by atoms with Crippen LogP contribution in [0.15, 0.2) is 187 Å². The molecular weight excluding hydrogens is 838 g/mol. The number of hydrogen-bond acceptors (Lipinski definition) is 5. The van der Waals surface area contributed by atoms with Crippen molar-refractivity contribution in [3.63, 3.8) is 0 Å². The molecule has 6 heterocycles. The summed E-state index contributed by atoms with van der Waals surface area (Å²) in [6.07, 6.45) is 3.87. The smallest absolute Gasteiger partial charge is 0.225 e. The highest BCUT2D eigenvalue weighted by Gasteiger charge is 2.27. The van der Waals surface area contributed by atoms with Gasteiger partial charge in [0.2, 0.25) is 5.28 Å². The summed E-state index contributed by atoms with van der Waals surface area (Å²) < 4.78 is 14.1. The van der Waals surface area contributed by atoms with Gasteiger partial charge in [0.05, 0.1) is 22.1 Å². The van der Waals surface area contributed by atoms with Gasteiger partial charge in [-0.1, -0.05) is 121 Å². The number of furan rings is 1. The summed E-state index contributed by atoms with van der Waals surface area (Å²) in [6, 6.07) is 61.1. The molecule has 0 fully saturated rings. The number of benzene rings is 9. The summed E-state index contributed by atoms with van der Waals surface area (Å²) in [6.45, 7) is 0. The molecule has 0 amide bonds. The first kappa shape index (κ1) is 35.4. The second-order valence-corrected chi connectivity index (χ2v) is 18.3. The molecule has 9 aromatic carbocycles. The maximum Gasteiger partial charge on any atom is 0.225 e. The Morgan fingerprint density at radius 3 is 2.11 bits per heavy atom. The standard InChI is InChI=1S/C57H30ClN5OS/c58-57-60-51-42-23-18-32-10-3-4-12-37(32)53(42)64-54(51)56(61-57)63-45-24-20-34(28-43(45)49-39-13-5-6-14-40(39)55-50(52(49)63)41-15-7-8-16-48(41)65-55)35-19-22-38-44-30-59-26-25-46(44)62(47(38)29-35)36-21-17-31-9-1-2-11-33(31)27-36/h1-30H. The van der Waals surface area contributed by atoms with Crippen molar-refractivity contribution in [1.82, 2.24) is 24.1 Å². The molecule has 0 N–H and O–H groups in total. The molecule has 15 aromatic rings. The van der Waals surface area contributed by atoms with Gasteiger partial charge in [0, 0.05) is 76.0 Å². The fourth-order valence-corrected chi connectivity index (χ4v) is 12.1. The molecule has 0 aliphatic carbocycles. The molecule has 6 nitrogen and oxygen atoms in total. The number of aromatic nitrogens is 5. The summed E-state index contributed by atoms with van der Waals surface area (Å²) in [4.78, 5) is 14.5. The second kappa shape index (κ2) is 13.0. The highest BCUT2D eigenvalue weighted by Crippen LogP contribution is 2.49. The first-order valence-electron chi connectivity index (χ1n) is 21.6. The molecule has 0 saturated carbocycles. The number of hydrogen-bond donors (Lipinski definition) is 0. The number of fused-ring (bicyclic) bond motifs is 19. The zero-order chi connectivity index (χ0) is 42.5. The van der Waals surface area contributed by atoms with E-state index in [1.807, 2.05) is 35.9 Å². The maximum absolute atomic E-state index is 6.99. The molecular formula is C57H30ClN5OS. The highest BCUT2D eigenvalue weighted by atomic mass is 35.5. The number of thiophene rings is 1. The van der Waals surface area contributed by atoms with Gasteiger partial charge in [-0.05, 0) is 92.8 Å². The van der Waals surface area contributed by atoms with Crippen molar-refractivity contribution in [2.75, 3.05) is 0 Å². The van der Waals surface area contributed by atoms with E-state index >= 15 is 0 Å². The summed E-state index contributed by atoms with van der Waals surface area (Å²) in [5, 5.41) is 14.9. The van der Waals surface area contributed by atoms with E-state index in [-0.39, 0.29) is 5.28 Å². The van der Waals surface area contributed by atoms with Crippen molar-refractivity contribution in [3.05, 3.63) is 188 Å². The predicted molar refractivity (Wildman–Crippen MR) is 272 cm³/mol. The Morgan fingerprint density at radius 1 is 0.477 bits per heavy atom. The van der Waals surface area contributed by atoms with Gasteiger partial charge < -0.3 is 8.98 Å². The fourth-order valence-electron chi connectivity index (χ4n) is 10.7. The number of nitrogens with zero attached hydrogens (tertiary/aromatic N) is 5. The summed E-state index contributed by atoms with van der Waals surface area (Å²) in [7, 11) is 0. The Labute approximate surface area is 377 Å². The quantitative estimate of drug-likeness (QED) is 0.166. The molecule has 0 unspecified atom stereocenters. The van der Waals surface area contributed by atoms with E-state index in [1.54, 1.807) is 0 Å². The van der Waals surface area contributed by atoms with Crippen LogP contribution in [0.25, 0.3) is 141 Å². The van der Waals surface area contributed by atoms with E-state index in [1.165, 1.54) is 41.7 Å². The minimum Gasteiger partial charge on any atom is -0.450 e. The number of halogens is 1. The maximum atomic E-state index is 6.99. The van der Waals surface area contributed by atoms with Gasteiger partial charge in [-0.2, -0.15) is 4.98 Å². The van der Waals surface area contributed by atoms with Crippen molar-refractivity contribution in [2.24, 2.45) is 0 Å². The van der Waals surface area contributed by atoms with Crippen LogP contribution >= 0.6 is 22.9 Å². The Hall–Kier alpha value is -8.10. The van der Waals surface area contributed by atoms with Crippen molar-refractivity contribution in [2.45, 2.75) is 0 Å². The Morgan fingerprint density at radius 2 is 1.20 bits per heavy atom. The lowest BCUT2D eigenvalue weighted by atomic mass is 9.97. The van der Waals surface area contributed by atoms with E-state index in [0.717, 1.165) is 82.2 Å². The third-order valence-corrected chi connectivity index (χ3v) is 14.9. The Bertz CT molecular complexity index is 4580. The number of pyridine rings is 1. The zero-order valence-electron chi connectivity index (χ0n) is 34.3. The fraction of sp³-hybridized carbons (Fsp3) is 0. The molecule has 302 valence electrons. The van der Waals surface area contributed by atoms with Gasteiger partial charge in [0.25, 0.3) is 0 Å². The van der Waals surface area contributed by atoms with Crippen LogP contribution in [0.5, 0.6) is 0 Å². The summed E-state index contributed by atoms with van der Waals surface area (Å²) in [5.74, 6) is 0.606. The topological polar surface area (TPSA) is 61.7 Å². The monoisotopic (exact) mass is 867 g/mol. The van der Waals surface area contributed by atoms with Crippen LogP contribution in [0.2, 0.25) is 5.28 Å². The zero-order valence-corrected chi connectivity index (χ0v) is 35.8. The first-order chi connectivity index (χ1) is 32.1. The van der Waals surface area contributed by atoms with Crippen LogP contribution in [0.3, 0.4) is 0 Å². The molecule has 0 aliphatic rings. The van der Waals surface area contributed by atoms with E-state index < -0.39 is 0 Å². The van der Waals surface area contributed by atoms with Crippen LogP contribution in [0.4, 0.5) is 0 Å². The van der Waals surface area contributed by atoms with Gasteiger partial charge in [-0.3, -0.25) is 9.55 Å². The van der Waals surface area contributed by atoms with Crippen LogP contribution in [0.1, 0.15) is 0 Å². The minimum atomic E-state index is 0.160. The third-order valence-electron chi connectivity index (χ3n) is 13.5. The van der Waals surface area contributed by atoms with Gasteiger partial charge in [-0.15, -0.1) is 11.3 Å². The lowest BCUT2D eigenvalue weighted by molar-refractivity contribution is 0.666. The normalized spacial score (nSPS) is 12.4. The average Bonchev–Trinajstić information content (AvgIpc) is 4.11. The van der Waals surface area contributed by atoms with Crippen molar-refractivity contribution < 1.29 is 4.42 Å².